The summed E-state index contributed by atoms with van der Waals surface area (Å²) in [5.41, 5.74) is 8.25. The Labute approximate surface area is 222 Å². The highest BCUT2D eigenvalue weighted by Crippen LogP contribution is 2.29. The summed E-state index contributed by atoms with van der Waals surface area (Å²) in [7, 11) is 0. The number of benzene rings is 1. The molecule has 1 fully saturated rings. The number of aliphatic carboxylic acids is 1. The molecule has 39 heavy (non-hydrogen) atoms. The second-order valence-corrected chi connectivity index (χ2v) is 8.59. The number of azide groups is 1. The molecule has 6 unspecified atom stereocenters. The van der Waals surface area contributed by atoms with E-state index in [1.807, 2.05) is 0 Å². The number of unbranched alkanes of at least 4 members (excludes halogenated alkanes) is 2. The Kier molecular flexibility index (Phi) is 12.4. The van der Waals surface area contributed by atoms with Crippen molar-refractivity contribution >= 4 is 23.5 Å². The van der Waals surface area contributed by atoms with E-state index in [4.69, 9.17) is 26.5 Å². The fourth-order valence-electron chi connectivity index (χ4n) is 3.66. The van der Waals surface area contributed by atoms with E-state index in [9.17, 15) is 34.1 Å². The Morgan fingerprint density at radius 3 is 2.59 bits per heavy atom. The van der Waals surface area contributed by atoms with Crippen molar-refractivity contribution in [2.75, 3.05) is 11.9 Å². The van der Waals surface area contributed by atoms with E-state index in [0.29, 0.717) is 25.8 Å². The van der Waals surface area contributed by atoms with Gasteiger partial charge in [0.05, 0.1) is 0 Å². The highest BCUT2D eigenvalue weighted by molar-refractivity contribution is 5.97. The first-order chi connectivity index (χ1) is 18.6. The Morgan fingerprint density at radius 2 is 1.95 bits per heavy atom. The Bertz CT molecular complexity index is 1110. The van der Waals surface area contributed by atoms with E-state index in [1.54, 1.807) is 0 Å². The molecule has 1 aromatic rings. The maximum absolute atomic E-state index is 13.8. The molecule has 1 saturated heterocycles. The SMILES string of the molecule is C#CCC(NC(=O)CCCCCN=[N+]=[N-])C(=O)Nc1ccc(OC2OC(C(=O)O)C(O)C(O)C2O)c(CF)c1. The summed E-state index contributed by atoms with van der Waals surface area (Å²) in [5, 5.41) is 47.5. The zero-order chi connectivity index (χ0) is 28.9. The van der Waals surface area contributed by atoms with E-state index in [2.05, 4.69) is 26.6 Å². The third kappa shape index (κ3) is 9.10. The number of carboxylic acids is 1. The van der Waals surface area contributed by atoms with Crippen LogP contribution in [0.15, 0.2) is 23.3 Å². The molecule has 14 nitrogen and oxygen atoms in total. The normalized spacial score (nSPS) is 23.0. The number of nitrogens with one attached hydrogen (secondary N) is 2. The second kappa shape index (κ2) is 15.5. The fourth-order valence-corrected chi connectivity index (χ4v) is 3.66. The average molecular weight is 552 g/mol. The van der Waals surface area contributed by atoms with Crippen LogP contribution in [0.2, 0.25) is 0 Å². The first-order valence-electron chi connectivity index (χ1n) is 12.0. The van der Waals surface area contributed by atoms with Crippen LogP contribution in [0.3, 0.4) is 0 Å². The van der Waals surface area contributed by atoms with E-state index in [1.165, 1.54) is 18.2 Å². The van der Waals surface area contributed by atoms with Gasteiger partial charge < -0.3 is 40.5 Å². The third-order valence-electron chi connectivity index (χ3n) is 5.73. The summed E-state index contributed by atoms with van der Waals surface area (Å²) in [5.74, 6) is -0.535. The van der Waals surface area contributed by atoms with Gasteiger partial charge in [-0.25, -0.2) is 9.18 Å². The first kappa shape index (κ1) is 31.3. The van der Waals surface area contributed by atoms with Crippen molar-refractivity contribution < 1.29 is 48.7 Å². The number of alkyl halides is 1. The minimum Gasteiger partial charge on any atom is -0.479 e. The number of hydrogen-bond donors (Lipinski definition) is 6. The lowest BCUT2D eigenvalue weighted by Gasteiger charge is -2.38. The number of aliphatic hydroxyl groups is 3. The summed E-state index contributed by atoms with van der Waals surface area (Å²) in [6, 6.07) is 2.68. The standard InChI is InChI=1S/C24H30FN5O9/c1-2-6-15(29-17(31)7-4-3-5-10-27-30-26)22(35)28-14-8-9-16(13(11-14)12-25)38-24-20(34)18(32)19(33)21(39-24)23(36)37/h1,8-9,11,15,18-21,24,32-34H,3-7,10,12H2,(H,28,35)(H,29,31)(H,36,37). The van der Waals surface area contributed by atoms with Gasteiger partial charge in [0.15, 0.2) is 6.10 Å². The summed E-state index contributed by atoms with van der Waals surface area (Å²) < 4.78 is 24.2. The van der Waals surface area contributed by atoms with Crippen LogP contribution in [0.4, 0.5) is 10.1 Å². The maximum atomic E-state index is 13.8. The minimum atomic E-state index is -1.92. The number of carbonyl (C=O) groups is 3. The molecule has 0 radical (unpaired) electrons. The lowest BCUT2D eigenvalue weighted by atomic mass is 9.99. The quantitative estimate of drug-likeness (QED) is 0.0630. The Morgan fingerprint density at radius 1 is 1.21 bits per heavy atom. The fraction of sp³-hybridized carbons (Fsp3) is 0.542. The monoisotopic (exact) mass is 551 g/mol. The lowest BCUT2D eigenvalue weighted by molar-refractivity contribution is -0.271. The molecule has 212 valence electrons. The molecule has 0 saturated carbocycles. The molecule has 6 N–H and O–H groups in total. The number of ether oxygens (including phenoxy) is 2. The number of nitrogens with zero attached hydrogens (tertiary/aromatic N) is 3. The molecule has 1 aromatic carbocycles. The molecule has 0 aromatic heterocycles. The van der Waals surface area contributed by atoms with Crippen molar-refractivity contribution in [2.24, 2.45) is 5.11 Å². The number of anilines is 1. The lowest BCUT2D eigenvalue weighted by Crippen LogP contribution is -2.61. The van der Waals surface area contributed by atoms with Gasteiger partial charge in [-0.05, 0) is 36.6 Å². The highest BCUT2D eigenvalue weighted by Gasteiger charge is 2.48. The molecule has 0 spiro atoms. The number of hydrogen-bond acceptors (Lipinski definition) is 9. The first-order valence-corrected chi connectivity index (χ1v) is 12.0. The Balaban J connectivity index is 2.03. The number of amides is 2. The van der Waals surface area contributed by atoms with Gasteiger partial charge in [0.2, 0.25) is 18.1 Å². The summed E-state index contributed by atoms with van der Waals surface area (Å²) >= 11 is 0. The van der Waals surface area contributed by atoms with Gasteiger partial charge in [0.1, 0.15) is 36.8 Å². The van der Waals surface area contributed by atoms with Crippen molar-refractivity contribution in [2.45, 2.75) is 75.5 Å². The number of carboxylic acid groups (broad SMARTS) is 1. The van der Waals surface area contributed by atoms with Gasteiger partial charge in [0, 0.05) is 35.5 Å². The molecule has 0 aliphatic carbocycles. The molecule has 1 aliphatic rings. The number of halogens is 1. The van der Waals surface area contributed by atoms with Gasteiger partial charge >= 0.3 is 5.97 Å². The van der Waals surface area contributed by atoms with Crippen LogP contribution < -0.4 is 15.4 Å². The number of aliphatic hydroxyl groups excluding tert-OH is 3. The molecule has 0 bridgehead atoms. The maximum Gasteiger partial charge on any atom is 0.335 e. The van der Waals surface area contributed by atoms with E-state index >= 15 is 0 Å². The van der Waals surface area contributed by atoms with Gasteiger partial charge in [-0.2, -0.15) is 0 Å². The van der Waals surface area contributed by atoms with Crippen LogP contribution in [0.5, 0.6) is 5.75 Å². The van der Waals surface area contributed by atoms with Crippen LogP contribution in [0.1, 0.15) is 37.7 Å². The zero-order valence-corrected chi connectivity index (χ0v) is 20.8. The van der Waals surface area contributed by atoms with Crippen LogP contribution in [-0.4, -0.2) is 81.5 Å². The van der Waals surface area contributed by atoms with Gasteiger partial charge in [-0.15, -0.1) is 12.3 Å². The number of rotatable bonds is 14. The summed E-state index contributed by atoms with van der Waals surface area (Å²) in [6.07, 6.45) is -2.18. The van der Waals surface area contributed by atoms with Crippen molar-refractivity contribution in [1.82, 2.24) is 5.32 Å². The van der Waals surface area contributed by atoms with Gasteiger partial charge in [-0.1, -0.05) is 11.5 Å². The molecule has 15 heteroatoms. The van der Waals surface area contributed by atoms with Crippen LogP contribution >= 0.6 is 0 Å². The summed E-state index contributed by atoms with van der Waals surface area (Å²) in [4.78, 5) is 38.9. The number of terminal acetylenes is 1. The van der Waals surface area contributed by atoms with Crippen LogP contribution in [0.25, 0.3) is 10.4 Å². The van der Waals surface area contributed by atoms with Crippen molar-refractivity contribution in [3.05, 3.63) is 34.2 Å². The minimum absolute atomic E-state index is 0.110. The zero-order valence-electron chi connectivity index (χ0n) is 20.8. The molecule has 2 amide bonds. The van der Waals surface area contributed by atoms with E-state index in [-0.39, 0.29) is 29.8 Å². The van der Waals surface area contributed by atoms with Crippen molar-refractivity contribution in [3.8, 4) is 18.1 Å². The van der Waals surface area contributed by atoms with E-state index in [0.717, 1.165) is 0 Å². The molecular weight excluding hydrogens is 521 g/mol. The Hall–Kier alpha value is -3.93. The predicted molar refractivity (Wildman–Crippen MR) is 133 cm³/mol. The summed E-state index contributed by atoms with van der Waals surface area (Å²) in [6.45, 7) is -0.771. The van der Waals surface area contributed by atoms with Crippen molar-refractivity contribution in [3.63, 3.8) is 0 Å². The van der Waals surface area contributed by atoms with Crippen molar-refractivity contribution in [1.29, 1.82) is 0 Å². The average Bonchev–Trinajstić information content (AvgIpc) is 2.91. The smallest absolute Gasteiger partial charge is 0.335 e. The van der Waals surface area contributed by atoms with Gasteiger partial charge in [-0.3, -0.25) is 9.59 Å². The topological polar surface area (TPSA) is 223 Å². The van der Waals surface area contributed by atoms with E-state index < -0.39 is 61.2 Å². The molecule has 1 aliphatic heterocycles. The van der Waals surface area contributed by atoms with Crippen LogP contribution in [0, 0.1) is 12.3 Å². The highest BCUT2D eigenvalue weighted by atomic mass is 19.1. The van der Waals surface area contributed by atoms with Gasteiger partial charge in [0.25, 0.3) is 0 Å². The molecule has 1 heterocycles. The molecule has 6 atom stereocenters. The number of carbonyl (C=O) groups excluding carboxylic acids is 2. The largest absolute Gasteiger partial charge is 0.479 e. The molecule has 2 rings (SSSR count). The molecular formula is C24H30FN5O9. The van der Waals surface area contributed by atoms with Crippen LogP contribution in [-0.2, 0) is 25.8 Å². The predicted octanol–water partition coefficient (Wildman–Crippen LogP) is 0.744. The third-order valence-corrected chi connectivity index (χ3v) is 5.73. The second-order valence-electron chi connectivity index (χ2n) is 8.59.